The Bertz CT molecular complexity index is 482. The smallest absolute Gasteiger partial charge is 0.265 e. The van der Waals surface area contributed by atoms with Crippen molar-refractivity contribution >= 4 is 23.2 Å². The van der Waals surface area contributed by atoms with Crippen molar-refractivity contribution in [3.8, 4) is 0 Å². The normalized spacial score (nSPS) is 19.2. The minimum absolute atomic E-state index is 0.312. The lowest BCUT2D eigenvalue weighted by Crippen LogP contribution is -2.38. The minimum atomic E-state index is -0.805. The van der Waals surface area contributed by atoms with Gasteiger partial charge in [-0.15, -0.1) is 0 Å². The molecule has 1 aliphatic heterocycles. The van der Waals surface area contributed by atoms with E-state index in [2.05, 4.69) is 10.4 Å². The first kappa shape index (κ1) is 11.3. The summed E-state index contributed by atoms with van der Waals surface area (Å²) in [7, 11) is 1.51. The van der Waals surface area contributed by atoms with Crippen LogP contribution in [0.25, 0.3) is 0 Å². The molecule has 0 radical (unpaired) electrons. The molecule has 1 N–H and O–H groups in total. The minimum Gasteiger partial charge on any atom is -0.358 e. The van der Waals surface area contributed by atoms with E-state index in [1.54, 1.807) is 19.1 Å². The number of anilines is 1. The topological polar surface area (TPSA) is 61.8 Å². The van der Waals surface area contributed by atoms with Crippen molar-refractivity contribution in [3.63, 3.8) is 0 Å². The molecule has 0 bridgehead atoms. The number of amides is 2. The number of nitrogens with one attached hydrogen (secondary N) is 1. The van der Waals surface area contributed by atoms with Gasteiger partial charge in [0, 0.05) is 7.05 Å². The van der Waals surface area contributed by atoms with E-state index in [0.29, 0.717) is 11.4 Å². The molecule has 0 aromatic heterocycles. The van der Waals surface area contributed by atoms with Gasteiger partial charge in [-0.05, 0) is 19.1 Å². The molecule has 1 aliphatic rings. The summed E-state index contributed by atoms with van der Waals surface area (Å²) in [6, 6.07) is 9.06. The van der Waals surface area contributed by atoms with E-state index >= 15 is 0 Å². The Hall–Kier alpha value is -2.17. The first-order chi connectivity index (χ1) is 8.15. The largest absolute Gasteiger partial charge is 0.358 e. The van der Waals surface area contributed by atoms with Gasteiger partial charge in [0.15, 0.2) is 5.92 Å². The molecule has 1 aromatic rings. The van der Waals surface area contributed by atoms with Gasteiger partial charge < -0.3 is 5.32 Å². The molecular weight excluding hydrogens is 218 g/mol. The van der Waals surface area contributed by atoms with Crippen LogP contribution in [-0.2, 0) is 9.59 Å². The van der Waals surface area contributed by atoms with Crippen LogP contribution in [0.15, 0.2) is 35.4 Å². The van der Waals surface area contributed by atoms with Gasteiger partial charge >= 0.3 is 0 Å². The summed E-state index contributed by atoms with van der Waals surface area (Å²) in [5.41, 5.74) is 1.18. The molecule has 0 aliphatic carbocycles. The second-order valence-corrected chi connectivity index (χ2v) is 3.77. The lowest BCUT2D eigenvalue weighted by atomic mass is 10.0. The summed E-state index contributed by atoms with van der Waals surface area (Å²) in [5, 5.41) is 7.88. The standard InChI is InChI=1S/C12H13N3O2/c1-8-10(11(16)13-2)12(17)15(14-8)9-6-4-3-5-7-9/h3-7,10H,1-2H3,(H,13,16). The van der Waals surface area contributed by atoms with E-state index < -0.39 is 5.92 Å². The van der Waals surface area contributed by atoms with Crippen LogP contribution < -0.4 is 10.3 Å². The predicted octanol–water partition coefficient (Wildman–Crippen LogP) is 0.771. The molecule has 1 unspecified atom stereocenters. The van der Waals surface area contributed by atoms with E-state index in [-0.39, 0.29) is 11.8 Å². The van der Waals surface area contributed by atoms with Gasteiger partial charge in [0.1, 0.15) is 0 Å². The van der Waals surface area contributed by atoms with Crippen molar-refractivity contribution in [2.75, 3.05) is 12.1 Å². The average molecular weight is 231 g/mol. The molecule has 2 amide bonds. The number of benzene rings is 1. The molecule has 1 heterocycles. The van der Waals surface area contributed by atoms with Crippen molar-refractivity contribution in [2.24, 2.45) is 11.0 Å². The van der Waals surface area contributed by atoms with Gasteiger partial charge in [0.2, 0.25) is 5.91 Å². The first-order valence-corrected chi connectivity index (χ1v) is 5.31. The van der Waals surface area contributed by atoms with E-state index in [0.717, 1.165) is 0 Å². The number of para-hydroxylation sites is 1. The lowest BCUT2D eigenvalue weighted by Gasteiger charge is -2.13. The zero-order valence-electron chi connectivity index (χ0n) is 9.68. The maximum absolute atomic E-state index is 12.1. The third-order valence-electron chi connectivity index (χ3n) is 2.64. The molecule has 0 saturated carbocycles. The average Bonchev–Trinajstić information content (AvgIpc) is 2.65. The molecule has 2 rings (SSSR count). The van der Waals surface area contributed by atoms with Crippen LogP contribution in [0.2, 0.25) is 0 Å². The zero-order chi connectivity index (χ0) is 12.4. The fourth-order valence-electron chi connectivity index (χ4n) is 1.77. The number of nitrogens with zero attached hydrogens (tertiary/aromatic N) is 2. The Labute approximate surface area is 99.1 Å². The van der Waals surface area contributed by atoms with Crippen molar-refractivity contribution in [2.45, 2.75) is 6.92 Å². The van der Waals surface area contributed by atoms with E-state index in [9.17, 15) is 9.59 Å². The number of carbonyl (C=O) groups excluding carboxylic acids is 2. The molecule has 1 aromatic carbocycles. The Kier molecular flexibility index (Phi) is 2.91. The van der Waals surface area contributed by atoms with E-state index in [1.165, 1.54) is 12.1 Å². The van der Waals surface area contributed by atoms with Crippen molar-refractivity contribution in [3.05, 3.63) is 30.3 Å². The molecule has 88 valence electrons. The highest BCUT2D eigenvalue weighted by molar-refractivity contribution is 6.26. The quantitative estimate of drug-likeness (QED) is 0.764. The van der Waals surface area contributed by atoms with E-state index in [1.807, 2.05) is 18.2 Å². The van der Waals surface area contributed by atoms with Crippen LogP contribution in [-0.4, -0.2) is 24.6 Å². The summed E-state index contributed by atoms with van der Waals surface area (Å²) >= 11 is 0. The molecular formula is C12H13N3O2. The van der Waals surface area contributed by atoms with Crippen LogP contribution in [0.4, 0.5) is 5.69 Å². The van der Waals surface area contributed by atoms with Gasteiger partial charge in [0.05, 0.1) is 11.4 Å². The number of hydrogen-bond acceptors (Lipinski definition) is 3. The van der Waals surface area contributed by atoms with Gasteiger partial charge in [-0.25, -0.2) is 0 Å². The molecule has 5 heteroatoms. The highest BCUT2D eigenvalue weighted by Gasteiger charge is 2.39. The lowest BCUT2D eigenvalue weighted by molar-refractivity contribution is -0.129. The summed E-state index contributed by atoms with van der Waals surface area (Å²) in [6.45, 7) is 1.68. The van der Waals surface area contributed by atoms with E-state index in [4.69, 9.17) is 0 Å². The maximum Gasteiger partial charge on any atom is 0.265 e. The Balaban J connectivity index is 2.31. The Morgan fingerprint density at radius 1 is 1.35 bits per heavy atom. The molecule has 0 spiro atoms. The number of carbonyl (C=O) groups is 2. The highest BCUT2D eigenvalue weighted by Crippen LogP contribution is 2.23. The van der Waals surface area contributed by atoms with Crippen molar-refractivity contribution in [1.82, 2.24) is 5.32 Å². The molecule has 17 heavy (non-hydrogen) atoms. The van der Waals surface area contributed by atoms with Crippen LogP contribution in [0.1, 0.15) is 6.92 Å². The van der Waals surface area contributed by atoms with Gasteiger partial charge in [-0.2, -0.15) is 10.1 Å². The molecule has 0 saturated heterocycles. The number of rotatable bonds is 2. The summed E-state index contributed by atoms with van der Waals surface area (Å²) in [4.78, 5) is 23.6. The van der Waals surface area contributed by atoms with Crippen LogP contribution >= 0.6 is 0 Å². The second-order valence-electron chi connectivity index (χ2n) is 3.77. The van der Waals surface area contributed by atoms with Gasteiger partial charge in [-0.3, -0.25) is 9.59 Å². The zero-order valence-corrected chi connectivity index (χ0v) is 9.68. The Morgan fingerprint density at radius 3 is 2.59 bits per heavy atom. The van der Waals surface area contributed by atoms with Crippen molar-refractivity contribution in [1.29, 1.82) is 0 Å². The van der Waals surface area contributed by atoms with Gasteiger partial charge in [-0.1, -0.05) is 18.2 Å². The Morgan fingerprint density at radius 2 is 2.00 bits per heavy atom. The third-order valence-corrected chi connectivity index (χ3v) is 2.64. The highest BCUT2D eigenvalue weighted by atomic mass is 16.2. The fourth-order valence-corrected chi connectivity index (χ4v) is 1.77. The maximum atomic E-state index is 12.1. The predicted molar refractivity (Wildman–Crippen MR) is 64.6 cm³/mol. The van der Waals surface area contributed by atoms with Crippen LogP contribution in [0.5, 0.6) is 0 Å². The number of hydrogen-bond donors (Lipinski definition) is 1. The first-order valence-electron chi connectivity index (χ1n) is 5.31. The SMILES string of the molecule is CNC(=O)C1C(=O)N(c2ccccc2)N=C1C. The monoisotopic (exact) mass is 231 g/mol. The summed E-state index contributed by atoms with van der Waals surface area (Å²) < 4.78 is 0. The van der Waals surface area contributed by atoms with Crippen molar-refractivity contribution < 1.29 is 9.59 Å². The van der Waals surface area contributed by atoms with Crippen LogP contribution in [0.3, 0.4) is 0 Å². The third kappa shape index (κ3) is 1.91. The summed E-state index contributed by atoms with van der Waals surface area (Å²) in [5.74, 6) is -1.44. The van der Waals surface area contributed by atoms with Gasteiger partial charge in [0.25, 0.3) is 5.91 Å². The fraction of sp³-hybridized carbons (Fsp3) is 0.250. The molecule has 5 nitrogen and oxygen atoms in total. The molecule has 0 fully saturated rings. The summed E-state index contributed by atoms with van der Waals surface area (Å²) in [6.07, 6.45) is 0. The molecule has 1 atom stereocenters. The van der Waals surface area contributed by atoms with Crippen LogP contribution in [0, 0.1) is 5.92 Å². The second kappa shape index (κ2) is 4.37. The number of hydrazone groups is 1.